The maximum atomic E-state index is 11.8. The van der Waals surface area contributed by atoms with E-state index in [1.165, 1.54) is 0 Å². The standard InChI is InChI=1S/C14H18N2O5/c15-10(9-4-2-1-3-5-9)8-12(17)16-11(14(20)21)6-7-13(18)19/h1-5,10-11H,6-8,15H2,(H,16,17)(H,18,19)(H,20,21). The van der Waals surface area contributed by atoms with Crippen molar-refractivity contribution in [2.24, 2.45) is 5.73 Å². The number of aliphatic carboxylic acids is 2. The third-order valence-electron chi connectivity index (χ3n) is 2.91. The Morgan fingerprint density at radius 3 is 2.29 bits per heavy atom. The zero-order chi connectivity index (χ0) is 15.8. The first-order valence-corrected chi connectivity index (χ1v) is 6.44. The first kappa shape index (κ1) is 16.6. The number of carboxylic acid groups (broad SMARTS) is 2. The second-order valence-corrected chi connectivity index (χ2v) is 4.61. The van der Waals surface area contributed by atoms with Crippen LogP contribution in [-0.4, -0.2) is 34.1 Å². The number of carboxylic acids is 2. The number of hydrogen-bond acceptors (Lipinski definition) is 4. The van der Waals surface area contributed by atoms with Crippen LogP contribution < -0.4 is 11.1 Å². The molecule has 2 atom stereocenters. The number of rotatable bonds is 8. The Morgan fingerprint density at radius 1 is 1.14 bits per heavy atom. The van der Waals surface area contributed by atoms with E-state index in [-0.39, 0.29) is 19.3 Å². The average Bonchev–Trinajstić information content (AvgIpc) is 2.43. The Balaban J connectivity index is 2.54. The van der Waals surface area contributed by atoms with Crippen LogP contribution >= 0.6 is 0 Å². The zero-order valence-corrected chi connectivity index (χ0v) is 11.4. The van der Waals surface area contributed by atoms with Crippen LogP contribution in [0.5, 0.6) is 0 Å². The van der Waals surface area contributed by atoms with Gasteiger partial charge in [-0.05, 0) is 12.0 Å². The van der Waals surface area contributed by atoms with Crippen LogP contribution in [0.4, 0.5) is 0 Å². The summed E-state index contributed by atoms with van der Waals surface area (Å²) >= 11 is 0. The Bertz CT molecular complexity index is 503. The molecule has 0 heterocycles. The lowest BCUT2D eigenvalue weighted by Gasteiger charge is -2.16. The molecule has 1 amide bonds. The molecule has 2 unspecified atom stereocenters. The van der Waals surface area contributed by atoms with E-state index in [0.717, 1.165) is 5.56 Å². The molecule has 21 heavy (non-hydrogen) atoms. The minimum absolute atomic E-state index is 0.0686. The summed E-state index contributed by atoms with van der Waals surface area (Å²) in [5.74, 6) is -2.90. The lowest BCUT2D eigenvalue weighted by Crippen LogP contribution is -2.42. The molecule has 0 spiro atoms. The first-order chi connectivity index (χ1) is 9.90. The largest absolute Gasteiger partial charge is 0.481 e. The molecule has 0 aliphatic heterocycles. The number of nitrogens with two attached hydrogens (primary N) is 1. The van der Waals surface area contributed by atoms with Crippen molar-refractivity contribution in [3.63, 3.8) is 0 Å². The van der Waals surface area contributed by atoms with Gasteiger partial charge in [0.2, 0.25) is 5.91 Å². The van der Waals surface area contributed by atoms with Gasteiger partial charge in [-0.1, -0.05) is 30.3 Å². The predicted octanol–water partition coefficient (Wildman–Crippen LogP) is 0.511. The number of benzene rings is 1. The van der Waals surface area contributed by atoms with E-state index in [1.54, 1.807) is 24.3 Å². The molecular formula is C14H18N2O5. The molecule has 7 heteroatoms. The van der Waals surface area contributed by atoms with Crippen LogP contribution in [0.1, 0.15) is 30.9 Å². The first-order valence-electron chi connectivity index (χ1n) is 6.44. The summed E-state index contributed by atoms with van der Waals surface area (Å²) < 4.78 is 0. The average molecular weight is 294 g/mol. The molecule has 1 aromatic rings. The number of nitrogens with one attached hydrogen (secondary N) is 1. The van der Waals surface area contributed by atoms with Crippen molar-refractivity contribution in [1.82, 2.24) is 5.32 Å². The quantitative estimate of drug-likeness (QED) is 0.552. The van der Waals surface area contributed by atoms with Crippen LogP contribution in [0.15, 0.2) is 30.3 Å². The van der Waals surface area contributed by atoms with Crippen LogP contribution in [0, 0.1) is 0 Å². The second-order valence-electron chi connectivity index (χ2n) is 4.61. The van der Waals surface area contributed by atoms with Gasteiger partial charge < -0.3 is 21.3 Å². The molecule has 0 aliphatic carbocycles. The van der Waals surface area contributed by atoms with E-state index in [2.05, 4.69) is 5.32 Å². The molecule has 1 aromatic carbocycles. The van der Waals surface area contributed by atoms with E-state index in [4.69, 9.17) is 15.9 Å². The molecule has 114 valence electrons. The highest BCUT2D eigenvalue weighted by Gasteiger charge is 2.22. The molecule has 0 fully saturated rings. The maximum Gasteiger partial charge on any atom is 0.326 e. The molecule has 0 saturated carbocycles. The van der Waals surface area contributed by atoms with Gasteiger partial charge in [-0.3, -0.25) is 9.59 Å². The second kappa shape index (κ2) is 8.01. The van der Waals surface area contributed by atoms with Crippen molar-refractivity contribution < 1.29 is 24.6 Å². The molecule has 1 rings (SSSR count). The summed E-state index contributed by atoms with van der Waals surface area (Å²) in [4.78, 5) is 33.2. The Morgan fingerprint density at radius 2 is 1.76 bits per heavy atom. The summed E-state index contributed by atoms with van der Waals surface area (Å²) in [6.07, 6.45) is -0.570. The van der Waals surface area contributed by atoms with Gasteiger partial charge in [0, 0.05) is 18.9 Å². The highest BCUT2D eigenvalue weighted by atomic mass is 16.4. The zero-order valence-electron chi connectivity index (χ0n) is 11.4. The minimum Gasteiger partial charge on any atom is -0.481 e. The van der Waals surface area contributed by atoms with Gasteiger partial charge in [0.25, 0.3) is 0 Å². The number of carbonyl (C=O) groups excluding carboxylic acids is 1. The monoisotopic (exact) mass is 294 g/mol. The number of amides is 1. The van der Waals surface area contributed by atoms with Gasteiger partial charge in [-0.25, -0.2) is 4.79 Å². The van der Waals surface area contributed by atoms with E-state index in [1.807, 2.05) is 6.07 Å². The van der Waals surface area contributed by atoms with Crippen molar-refractivity contribution in [2.75, 3.05) is 0 Å². The minimum atomic E-state index is -1.27. The van der Waals surface area contributed by atoms with Crippen molar-refractivity contribution in [1.29, 1.82) is 0 Å². The Hall–Kier alpha value is -2.41. The van der Waals surface area contributed by atoms with Gasteiger partial charge in [-0.2, -0.15) is 0 Å². The molecule has 0 aliphatic rings. The fourth-order valence-electron chi connectivity index (χ4n) is 1.80. The van der Waals surface area contributed by atoms with Crippen molar-refractivity contribution in [3.8, 4) is 0 Å². The van der Waals surface area contributed by atoms with Gasteiger partial charge >= 0.3 is 11.9 Å². The Labute approximate surface area is 121 Å². The number of carbonyl (C=O) groups is 3. The normalized spacial score (nSPS) is 13.2. The van der Waals surface area contributed by atoms with E-state index < -0.39 is 29.9 Å². The van der Waals surface area contributed by atoms with Gasteiger partial charge in [0.1, 0.15) is 6.04 Å². The van der Waals surface area contributed by atoms with E-state index in [9.17, 15) is 14.4 Å². The predicted molar refractivity (Wildman–Crippen MR) is 74.4 cm³/mol. The fourth-order valence-corrected chi connectivity index (χ4v) is 1.80. The van der Waals surface area contributed by atoms with Crippen LogP contribution in [-0.2, 0) is 14.4 Å². The van der Waals surface area contributed by atoms with Crippen LogP contribution in [0.25, 0.3) is 0 Å². The topological polar surface area (TPSA) is 130 Å². The molecule has 0 saturated heterocycles. The van der Waals surface area contributed by atoms with E-state index in [0.29, 0.717) is 0 Å². The summed E-state index contributed by atoms with van der Waals surface area (Å²) in [7, 11) is 0. The van der Waals surface area contributed by atoms with Gasteiger partial charge in [-0.15, -0.1) is 0 Å². The van der Waals surface area contributed by atoms with Gasteiger partial charge in [0.05, 0.1) is 0 Å². The van der Waals surface area contributed by atoms with Crippen LogP contribution in [0.2, 0.25) is 0 Å². The van der Waals surface area contributed by atoms with Crippen molar-refractivity contribution in [3.05, 3.63) is 35.9 Å². The molecule has 0 bridgehead atoms. The summed E-state index contributed by atoms with van der Waals surface area (Å²) in [5.41, 5.74) is 6.64. The van der Waals surface area contributed by atoms with E-state index >= 15 is 0 Å². The fraction of sp³-hybridized carbons (Fsp3) is 0.357. The number of hydrogen-bond donors (Lipinski definition) is 4. The van der Waals surface area contributed by atoms with Crippen molar-refractivity contribution >= 4 is 17.8 Å². The SMILES string of the molecule is NC(CC(=O)NC(CCC(=O)O)C(=O)O)c1ccccc1. The lowest BCUT2D eigenvalue weighted by molar-refractivity contribution is -0.143. The molecule has 5 N–H and O–H groups in total. The van der Waals surface area contributed by atoms with Crippen molar-refractivity contribution in [2.45, 2.75) is 31.3 Å². The summed E-state index contributed by atoms with van der Waals surface area (Å²) in [6, 6.07) is 7.19. The highest BCUT2D eigenvalue weighted by molar-refractivity contribution is 5.84. The third-order valence-corrected chi connectivity index (χ3v) is 2.91. The van der Waals surface area contributed by atoms with Crippen LogP contribution in [0.3, 0.4) is 0 Å². The molecular weight excluding hydrogens is 276 g/mol. The molecule has 7 nitrogen and oxygen atoms in total. The summed E-state index contributed by atoms with van der Waals surface area (Å²) in [6.45, 7) is 0. The summed E-state index contributed by atoms with van der Waals surface area (Å²) in [5, 5.41) is 19.8. The Kier molecular flexibility index (Phi) is 6.35. The lowest BCUT2D eigenvalue weighted by atomic mass is 10.0. The molecule has 0 radical (unpaired) electrons. The molecule has 0 aromatic heterocycles. The maximum absolute atomic E-state index is 11.8. The van der Waals surface area contributed by atoms with Gasteiger partial charge in [0.15, 0.2) is 0 Å². The smallest absolute Gasteiger partial charge is 0.326 e. The third kappa shape index (κ3) is 6.05. The highest BCUT2D eigenvalue weighted by Crippen LogP contribution is 2.13.